The molecule has 1 unspecified atom stereocenters. The zero-order chi connectivity index (χ0) is 9.94. The summed E-state index contributed by atoms with van der Waals surface area (Å²) in [5.74, 6) is 0.779. The molecular formula is C10H21ClO2. The number of ether oxygens (including phenoxy) is 2. The molecule has 80 valence electrons. The summed E-state index contributed by atoms with van der Waals surface area (Å²) in [6, 6.07) is 0. The lowest BCUT2D eigenvalue weighted by atomic mass is 10.2. The van der Waals surface area contributed by atoms with Crippen LogP contribution in [0.15, 0.2) is 0 Å². The molecule has 0 saturated carbocycles. The molecule has 0 amide bonds. The fourth-order valence-corrected chi connectivity index (χ4v) is 1.31. The van der Waals surface area contributed by atoms with Gasteiger partial charge < -0.3 is 9.47 Å². The molecule has 0 aliphatic carbocycles. The predicted octanol–water partition coefficient (Wildman–Crippen LogP) is 2.84. The maximum atomic E-state index is 5.56. The van der Waals surface area contributed by atoms with Crippen LogP contribution in [0.25, 0.3) is 0 Å². The van der Waals surface area contributed by atoms with E-state index >= 15 is 0 Å². The smallest absolute Gasteiger partial charge is 0.0780 e. The summed E-state index contributed by atoms with van der Waals surface area (Å²) in [5.41, 5.74) is 0. The highest BCUT2D eigenvalue weighted by Gasteiger charge is 1.99. The van der Waals surface area contributed by atoms with Gasteiger partial charge in [0.05, 0.1) is 12.7 Å². The predicted molar refractivity (Wildman–Crippen MR) is 56.5 cm³/mol. The molecule has 0 saturated heterocycles. The van der Waals surface area contributed by atoms with E-state index in [-0.39, 0.29) is 6.10 Å². The number of alkyl halides is 1. The Kier molecular flexibility index (Phi) is 10.5. The number of halogens is 1. The van der Waals surface area contributed by atoms with Gasteiger partial charge in [-0.25, -0.2) is 0 Å². The van der Waals surface area contributed by atoms with Gasteiger partial charge in [0, 0.05) is 19.6 Å². The molecule has 0 bridgehead atoms. The van der Waals surface area contributed by atoms with Crippen molar-refractivity contribution in [1.29, 1.82) is 0 Å². The molecule has 2 nitrogen and oxygen atoms in total. The van der Waals surface area contributed by atoms with E-state index in [0.717, 1.165) is 25.3 Å². The lowest BCUT2D eigenvalue weighted by molar-refractivity contribution is 0.00766. The van der Waals surface area contributed by atoms with Crippen molar-refractivity contribution in [3.8, 4) is 0 Å². The Labute approximate surface area is 86.6 Å². The van der Waals surface area contributed by atoms with Gasteiger partial charge in [-0.05, 0) is 19.8 Å². The van der Waals surface area contributed by atoms with Crippen molar-refractivity contribution in [3.63, 3.8) is 0 Å². The molecule has 0 aliphatic heterocycles. The highest BCUT2D eigenvalue weighted by Crippen LogP contribution is 2.02. The van der Waals surface area contributed by atoms with E-state index in [1.165, 1.54) is 12.8 Å². The van der Waals surface area contributed by atoms with Crippen molar-refractivity contribution >= 4 is 11.6 Å². The van der Waals surface area contributed by atoms with E-state index in [2.05, 4.69) is 0 Å². The molecule has 3 heteroatoms. The molecule has 0 aromatic rings. The minimum atomic E-state index is 0.220. The normalized spacial score (nSPS) is 13.2. The van der Waals surface area contributed by atoms with Crippen molar-refractivity contribution in [2.75, 3.05) is 26.2 Å². The van der Waals surface area contributed by atoms with E-state index in [9.17, 15) is 0 Å². The lowest BCUT2D eigenvalue weighted by Gasteiger charge is -2.11. The molecule has 0 spiro atoms. The highest BCUT2D eigenvalue weighted by atomic mass is 35.5. The van der Waals surface area contributed by atoms with E-state index < -0.39 is 0 Å². The highest BCUT2D eigenvalue weighted by molar-refractivity contribution is 6.17. The molecule has 1 atom stereocenters. The van der Waals surface area contributed by atoms with Crippen molar-refractivity contribution < 1.29 is 9.47 Å². The van der Waals surface area contributed by atoms with Crippen molar-refractivity contribution in [2.45, 2.75) is 38.7 Å². The third-order valence-corrected chi connectivity index (χ3v) is 2.10. The molecule has 0 fully saturated rings. The number of methoxy groups -OCH3 is 1. The number of hydrogen-bond acceptors (Lipinski definition) is 2. The topological polar surface area (TPSA) is 18.5 Å². The van der Waals surface area contributed by atoms with Gasteiger partial charge in [-0.1, -0.05) is 12.8 Å². The fraction of sp³-hybridized carbons (Fsp3) is 1.00. The van der Waals surface area contributed by atoms with Crippen LogP contribution in [0.3, 0.4) is 0 Å². The second-order valence-corrected chi connectivity index (χ2v) is 3.62. The lowest BCUT2D eigenvalue weighted by Crippen LogP contribution is -2.15. The zero-order valence-electron chi connectivity index (χ0n) is 8.72. The Hall–Kier alpha value is 0.210. The number of rotatable bonds is 9. The third-order valence-electron chi connectivity index (χ3n) is 1.83. The summed E-state index contributed by atoms with van der Waals surface area (Å²) in [6.45, 7) is 3.55. The van der Waals surface area contributed by atoms with E-state index in [1.807, 2.05) is 6.92 Å². The van der Waals surface area contributed by atoms with Crippen molar-refractivity contribution in [1.82, 2.24) is 0 Å². The molecule has 0 aromatic heterocycles. The van der Waals surface area contributed by atoms with Crippen LogP contribution in [0.4, 0.5) is 0 Å². The molecule has 0 radical (unpaired) electrons. The fourth-order valence-electron chi connectivity index (χ4n) is 1.12. The van der Waals surface area contributed by atoms with E-state index in [1.54, 1.807) is 7.11 Å². The van der Waals surface area contributed by atoms with Gasteiger partial charge in [-0.15, -0.1) is 11.6 Å². The molecule has 0 aromatic carbocycles. The summed E-state index contributed by atoms with van der Waals surface area (Å²) in [5, 5.41) is 0. The van der Waals surface area contributed by atoms with Gasteiger partial charge in [0.2, 0.25) is 0 Å². The standard InChI is InChI=1S/C10H21ClO2/c1-10(9-12-2)13-8-6-4-3-5-7-11/h10H,3-9H2,1-2H3. The molecule has 0 aliphatic rings. The first-order valence-electron chi connectivity index (χ1n) is 4.97. The summed E-state index contributed by atoms with van der Waals surface area (Å²) in [6.07, 6.45) is 4.90. The van der Waals surface area contributed by atoms with Gasteiger partial charge in [-0.3, -0.25) is 0 Å². The molecule has 0 N–H and O–H groups in total. The SMILES string of the molecule is COCC(C)OCCCCCCCl. The quantitative estimate of drug-likeness (QED) is 0.429. The first-order chi connectivity index (χ1) is 6.31. The second-order valence-electron chi connectivity index (χ2n) is 3.24. The first kappa shape index (κ1) is 13.2. The Bertz CT molecular complexity index is 98.9. The Morgan fingerprint density at radius 1 is 1.15 bits per heavy atom. The van der Waals surface area contributed by atoms with Gasteiger partial charge in [0.1, 0.15) is 0 Å². The van der Waals surface area contributed by atoms with E-state index in [0.29, 0.717) is 6.61 Å². The first-order valence-corrected chi connectivity index (χ1v) is 5.51. The number of hydrogen-bond donors (Lipinski definition) is 0. The van der Waals surface area contributed by atoms with Crippen LogP contribution in [0.2, 0.25) is 0 Å². The maximum absolute atomic E-state index is 5.56. The van der Waals surface area contributed by atoms with Crippen molar-refractivity contribution in [3.05, 3.63) is 0 Å². The summed E-state index contributed by atoms with van der Waals surface area (Å²) in [4.78, 5) is 0. The molecular weight excluding hydrogens is 188 g/mol. The molecule has 0 rings (SSSR count). The van der Waals surface area contributed by atoms with Crippen LogP contribution in [-0.2, 0) is 9.47 Å². The van der Waals surface area contributed by atoms with Crippen LogP contribution >= 0.6 is 11.6 Å². The van der Waals surface area contributed by atoms with Gasteiger partial charge in [0.15, 0.2) is 0 Å². The van der Waals surface area contributed by atoms with Gasteiger partial charge in [0.25, 0.3) is 0 Å². The van der Waals surface area contributed by atoms with Crippen LogP contribution in [-0.4, -0.2) is 32.3 Å². The minimum absolute atomic E-state index is 0.220. The third kappa shape index (κ3) is 10.1. The summed E-state index contributed by atoms with van der Waals surface area (Å²) < 4.78 is 10.5. The summed E-state index contributed by atoms with van der Waals surface area (Å²) in [7, 11) is 1.69. The molecule has 13 heavy (non-hydrogen) atoms. The maximum Gasteiger partial charge on any atom is 0.0780 e. The monoisotopic (exact) mass is 208 g/mol. The Balaban J connectivity index is 2.97. The average molecular weight is 209 g/mol. The largest absolute Gasteiger partial charge is 0.382 e. The van der Waals surface area contributed by atoms with E-state index in [4.69, 9.17) is 21.1 Å². The minimum Gasteiger partial charge on any atom is -0.382 e. The number of unbranched alkanes of at least 4 members (excludes halogenated alkanes) is 3. The van der Waals surface area contributed by atoms with Gasteiger partial charge in [-0.2, -0.15) is 0 Å². The van der Waals surface area contributed by atoms with Crippen LogP contribution in [0.1, 0.15) is 32.6 Å². The van der Waals surface area contributed by atoms with Crippen molar-refractivity contribution in [2.24, 2.45) is 0 Å². The van der Waals surface area contributed by atoms with Gasteiger partial charge >= 0.3 is 0 Å². The average Bonchev–Trinajstić information content (AvgIpc) is 2.11. The van der Waals surface area contributed by atoms with Crippen LogP contribution in [0, 0.1) is 0 Å². The van der Waals surface area contributed by atoms with Crippen LogP contribution < -0.4 is 0 Å². The Morgan fingerprint density at radius 3 is 2.46 bits per heavy atom. The van der Waals surface area contributed by atoms with Crippen LogP contribution in [0.5, 0.6) is 0 Å². The second kappa shape index (κ2) is 10.3. The zero-order valence-corrected chi connectivity index (χ0v) is 9.48. The molecule has 0 heterocycles. The summed E-state index contributed by atoms with van der Waals surface area (Å²) >= 11 is 5.56. The Morgan fingerprint density at radius 2 is 1.85 bits per heavy atom.